The van der Waals surface area contributed by atoms with Crippen LogP contribution in [-0.2, 0) is 6.42 Å². The van der Waals surface area contributed by atoms with Crippen LogP contribution in [0.3, 0.4) is 0 Å². The van der Waals surface area contributed by atoms with E-state index in [1.54, 1.807) is 12.4 Å². The fourth-order valence-corrected chi connectivity index (χ4v) is 2.16. The standard InChI is InChI=1S/C13H17BrN4O/c1-3-16-9(2)4-5-12-17-13(18-19-12)10-6-11(14)8-15-7-10/h6-9,16H,3-5H2,1-2H3. The number of halogens is 1. The molecular weight excluding hydrogens is 308 g/mol. The summed E-state index contributed by atoms with van der Waals surface area (Å²) in [5.74, 6) is 1.25. The lowest BCUT2D eigenvalue weighted by molar-refractivity contribution is 0.368. The van der Waals surface area contributed by atoms with E-state index < -0.39 is 0 Å². The van der Waals surface area contributed by atoms with Crippen molar-refractivity contribution in [3.8, 4) is 11.4 Å². The van der Waals surface area contributed by atoms with Crippen molar-refractivity contribution in [3.63, 3.8) is 0 Å². The fourth-order valence-electron chi connectivity index (χ4n) is 1.80. The van der Waals surface area contributed by atoms with E-state index >= 15 is 0 Å². The summed E-state index contributed by atoms with van der Waals surface area (Å²) in [6, 6.07) is 2.37. The fraction of sp³-hybridized carbons (Fsp3) is 0.462. The van der Waals surface area contributed by atoms with E-state index in [2.05, 4.69) is 50.2 Å². The monoisotopic (exact) mass is 324 g/mol. The lowest BCUT2D eigenvalue weighted by atomic mass is 10.2. The Balaban J connectivity index is 1.99. The van der Waals surface area contributed by atoms with Crippen LogP contribution in [0.5, 0.6) is 0 Å². The topological polar surface area (TPSA) is 63.8 Å². The zero-order valence-electron chi connectivity index (χ0n) is 11.1. The van der Waals surface area contributed by atoms with Crippen molar-refractivity contribution in [1.82, 2.24) is 20.4 Å². The predicted octanol–water partition coefficient (Wildman–Crippen LogP) is 2.82. The van der Waals surface area contributed by atoms with Gasteiger partial charge < -0.3 is 9.84 Å². The molecule has 2 aromatic rings. The number of hydrogen-bond donors (Lipinski definition) is 1. The third-order valence-corrected chi connectivity index (χ3v) is 3.21. The van der Waals surface area contributed by atoms with Crippen molar-refractivity contribution >= 4 is 15.9 Å². The second-order valence-corrected chi connectivity index (χ2v) is 5.32. The Bertz CT molecular complexity index is 529. The van der Waals surface area contributed by atoms with Gasteiger partial charge in [0, 0.05) is 34.9 Å². The highest BCUT2D eigenvalue weighted by Gasteiger charge is 2.10. The summed E-state index contributed by atoms with van der Waals surface area (Å²) in [7, 11) is 0. The van der Waals surface area contributed by atoms with Gasteiger partial charge in [0.1, 0.15) is 0 Å². The van der Waals surface area contributed by atoms with E-state index in [1.165, 1.54) is 0 Å². The normalized spacial score (nSPS) is 12.6. The molecule has 102 valence electrons. The van der Waals surface area contributed by atoms with Gasteiger partial charge in [0.25, 0.3) is 0 Å². The van der Waals surface area contributed by atoms with Crippen molar-refractivity contribution in [2.45, 2.75) is 32.7 Å². The van der Waals surface area contributed by atoms with Gasteiger partial charge in [-0.05, 0) is 41.9 Å². The van der Waals surface area contributed by atoms with Crippen LogP contribution in [0, 0.1) is 0 Å². The van der Waals surface area contributed by atoms with E-state index in [9.17, 15) is 0 Å². The third kappa shape index (κ3) is 4.11. The van der Waals surface area contributed by atoms with Crippen LogP contribution in [0.25, 0.3) is 11.4 Å². The minimum Gasteiger partial charge on any atom is -0.339 e. The smallest absolute Gasteiger partial charge is 0.227 e. The molecule has 1 N–H and O–H groups in total. The first-order chi connectivity index (χ1) is 9.19. The number of hydrogen-bond acceptors (Lipinski definition) is 5. The van der Waals surface area contributed by atoms with E-state index in [-0.39, 0.29) is 0 Å². The second-order valence-electron chi connectivity index (χ2n) is 4.40. The third-order valence-electron chi connectivity index (χ3n) is 2.77. The van der Waals surface area contributed by atoms with E-state index in [0.29, 0.717) is 17.8 Å². The summed E-state index contributed by atoms with van der Waals surface area (Å²) in [5.41, 5.74) is 0.851. The summed E-state index contributed by atoms with van der Waals surface area (Å²) in [4.78, 5) is 8.48. The van der Waals surface area contributed by atoms with Crippen LogP contribution < -0.4 is 5.32 Å². The Morgan fingerprint density at radius 1 is 1.42 bits per heavy atom. The molecule has 0 aliphatic rings. The Labute approximate surface area is 121 Å². The predicted molar refractivity (Wildman–Crippen MR) is 76.7 cm³/mol. The SMILES string of the molecule is CCNC(C)CCc1nc(-c2cncc(Br)c2)no1. The molecule has 0 aromatic carbocycles. The number of rotatable bonds is 6. The van der Waals surface area contributed by atoms with Gasteiger partial charge in [-0.1, -0.05) is 12.1 Å². The van der Waals surface area contributed by atoms with Gasteiger partial charge in [-0.3, -0.25) is 4.98 Å². The number of nitrogens with zero attached hydrogens (tertiary/aromatic N) is 3. The Hall–Kier alpha value is -1.27. The molecule has 6 heteroatoms. The molecule has 19 heavy (non-hydrogen) atoms. The molecule has 1 unspecified atom stereocenters. The van der Waals surface area contributed by atoms with E-state index in [4.69, 9.17) is 4.52 Å². The maximum atomic E-state index is 5.26. The van der Waals surface area contributed by atoms with Crippen molar-refractivity contribution in [2.24, 2.45) is 0 Å². The summed E-state index contributed by atoms with van der Waals surface area (Å²) in [6.07, 6.45) is 5.21. The zero-order valence-corrected chi connectivity index (χ0v) is 12.6. The molecule has 0 saturated carbocycles. The Morgan fingerprint density at radius 2 is 2.26 bits per heavy atom. The minimum absolute atomic E-state index is 0.452. The highest BCUT2D eigenvalue weighted by atomic mass is 79.9. The van der Waals surface area contributed by atoms with Gasteiger partial charge in [-0.15, -0.1) is 0 Å². The summed E-state index contributed by atoms with van der Waals surface area (Å²) in [5, 5.41) is 7.34. The molecule has 1 atom stereocenters. The first-order valence-electron chi connectivity index (χ1n) is 6.36. The van der Waals surface area contributed by atoms with E-state index in [0.717, 1.165) is 29.4 Å². The first-order valence-corrected chi connectivity index (χ1v) is 7.15. The highest BCUT2D eigenvalue weighted by Crippen LogP contribution is 2.19. The molecule has 0 fully saturated rings. The summed E-state index contributed by atoms with van der Waals surface area (Å²) >= 11 is 3.38. The molecule has 0 amide bonds. The van der Waals surface area contributed by atoms with E-state index in [1.807, 2.05) is 6.07 Å². The van der Waals surface area contributed by atoms with Gasteiger partial charge in [0.15, 0.2) is 0 Å². The molecule has 2 aromatic heterocycles. The number of aryl methyl sites for hydroxylation is 1. The average Bonchev–Trinajstić information content (AvgIpc) is 2.85. The van der Waals surface area contributed by atoms with Gasteiger partial charge >= 0.3 is 0 Å². The molecule has 0 bridgehead atoms. The lowest BCUT2D eigenvalue weighted by Crippen LogP contribution is -2.25. The highest BCUT2D eigenvalue weighted by molar-refractivity contribution is 9.10. The molecular formula is C13H17BrN4O. The largest absolute Gasteiger partial charge is 0.339 e. The quantitative estimate of drug-likeness (QED) is 0.885. The lowest BCUT2D eigenvalue weighted by Gasteiger charge is -2.09. The van der Waals surface area contributed by atoms with Crippen molar-refractivity contribution in [3.05, 3.63) is 28.8 Å². The summed E-state index contributed by atoms with van der Waals surface area (Å²) < 4.78 is 6.16. The van der Waals surface area contributed by atoms with Crippen LogP contribution in [0.2, 0.25) is 0 Å². The van der Waals surface area contributed by atoms with Crippen LogP contribution >= 0.6 is 15.9 Å². The molecule has 5 nitrogen and oxygen atoms in total. The second kappa shape index (κ2) is 6.77. The van der Waals surface area contributed by atoms with Gasteiger partial charge in [0.2, 0.25) is 11.7 Å². The van der Waals surface area contributed by atoms with Crippen LogP contribution in [0.1, 0.15) is 26.2 Å². The molecule has 0 aliphatic carbocycles. The van der Waals surface area contributed by atoms with Crippen LogP contribution in [-0.4, -0.2) is 27.7 Å². The maximum Gasteiger partial charge on any atom is 0.227 e. The number of nitrogens with one attached hydrogen (secondary N) is 1. The summed E-state index contributed by atoms with van der Waals surface area (Å²) in [6.45, 7) is 5.22. The van der Waals surface area contributed by atoms with Crippen molar-refractivity contribution in [1.29, 1.82) is 0 Å². The maximum absolute atomic E-state index is 5.26. The molecule has 0 radical (unpaired) electrons. The van der Waals surface area contributed by atoms with Gasteiger partial charge in [0.05, 0.1) is 0 Å². The molecule has 0 saturated heterocycles. The van der Waals surface area contributed by atoms with Gasteiger partial charge in [-0.25, -0.2) is 0 Å². The van der Waals surface area contributed by atoms with Crippen LogP contribution in [0.15, 0.2) is 27.5 Å². The molecule has 0 spiro atoms. The molecule has 2 heterocycles. The van der Waals surface area contributed by atoms with Gasteiger partial charge in [-0.2, -0.15) is 4.98 Å². The number of pyridine rings is 1. The molecule has 0 aliphatic heterocycles. The first kappa shape index (κ1) is 14.1. The zero-order chi connectivity index (χ0) is 13.7. The molecule has 2 rings (SSSR count). The van der Waals surface area contributed by atoms with Crippen LogP contribution in [0.4, 0.5) is 0 Å². The van der Waals surface area contributed by atoms with Crippen molar-refractivity contribution in [2.75, 3.05) is 6.54 Å². The number of aromatic nitrogens is 3. The van der Waals surface area contributed by atoms with Crippen molar-refractivity contribution < 1.29 is 4.52 Å². The minimum atomic E-state index is 0.452. The Kier molecular flexibility index (Phi) is 5.04. The average molecular weight is 325 g/mol. The Morgan fingerprint density at radius 3 is 3.00 bits per heavy atom.